The number of hydrogen-bond donors (Lipinski definition) is 1. The third kappa shape index (κ3) is 4.60. The lowest BCUT2D eigenvalue weighted by molar-refractivity contribution is -0.135. The number of aryl methyl sites for hydroxylation is 1. The summed E-state index contributed by atoms with van der Waals surface area (Å²) in [5.74, 6) is 0.539. The Morgan fingerprint density at radius 1 is 1.45 bits per heavy atom. The van der Waals surface area contributed by atoms with Gasteiger partial charge in [-0.15, -0.1) is 11.3 Å². The van der Waals surface area contributed by atoms with Gasteiger partial charge in [0.15, 0.2) is 0 Å². The zero-order chi connectivity index (χ0) is 14.4. The molecule has 1 aliphatic rings. The molecule has 1 aromatic rings. The van der Waals surface area contributed by atoms with E-state index >= 15 is 0 Å². The number of amides is 1. The molecule has 3 nitrogen and oxygen atoms in total. The Morgan fingerprint density at radius 2 is 2.30 bits per heavy atom. The van der Waals surface area contributed by atoms with Crippen molar-refractivity contribution in [1.29, 1.82) is 0 Å². The molecule has 112 valence electrons. The number of hydrogen-bond acceptors (Lipinski definition) is 3. The maximum Gasteiger partial charge on any atom is 0.222 e. The molecule has 0 bridgehead atoms. The number of carbonyl (C=O) groups excluding carboxylic acids is 1. The average Bonchev–Trinajstić information content (AvgIpc) is 2.94. The highest BCUT2D eigenvalue weighted by Crippen LogP contribution is 2.18. The Hall–Kier alpha value is -0.870. The van der Waals surface area contributed by atoms with Crippen LogP contribution in [0, 0.1) is 5.92 Å². The van der Waals surface area contributed by atoms with E-state index in [0.29, 0.717) is 18.9 Å². The first-order valence-corrected chi connectivity index (χ1v) is 8.53. The lowest BCUT2D eigenvalue weighted by atomic mass is 9.96. The molecule has 1 fully saturated rings. The molecule has 1 aliphatic heterocycles. The van der Waals surface area contributed by atoms with Gasteiger partial charge in [-0.25, -0.2) is 0 Å². The fraction of sp³-hybridized carbons (Fsp3) is 0.688. The Morgan fingerprint density at radius 3 is 3.00 bits per heavy atom. The van der Waals surface area contributed by atoms with E-state index in [-0.39, 0.29) is 12.0 Å². The molecule has 2 rings (SSSR count). The summed E-state index contributed by atoms with van der Waals surface area (Å²) in [5, 5.41) is 11.9. The molecular weight excluding hydrogens is 270 g/mol. The zero-order valence-corrected chi connectivity index (χ0v) is 13.1. The van der Waals surface area contributed by atoms with Crippen molar-refractivity contribution in [2.45, 2.75) is 51.6 Å². The topological polar surface area (TPSA) is 40.5 Å². The maximum atomic E-state index is 12.1. The third-order valence-corrected chi connectivity index (χ3v) is 5.10. The summed E-state index contributed by atoms with van der Waals surface area (Å²) in [6.07, 6.45) is 5.57. The van der Waals surface area contributed by atoms with Crippen molar-refractivity contribution in [1.82, 2.24) is 4.90 Å². The quantitative estimate of drug-likeness (QED) is 0.819. The normalized spacial score (nSPS) is 23.0. The lowest BCUT2D eigenvalue weighted by Gasteiger charge is -2.34. The van der Waals surface area contributed by atoms with E-state index in [1.807, 2.05) is 16.2 Å². The molecule has 2 unspecified atom stereocenters. The molecule has 0 aromatic carbocycles. The monoisotopic (exact) mass is 295 g/mol. The van der Waals surface area contributed by atoms with Crippen LogP contribution in [0.1, 0.15) is 43.9 Å². The van der Waals surface area contributed by atoms with Crippen molar-refractivity contribution < 1.29 is 9.90 Å². The molecule has 0 saturated carbocycles. The summed E-state index contributed by atoms with van der Waals surface area (Å²) < 4.78 is 0. The van der Waals surface area contributed by atoms with Gasteiger partial charge in [-0.1, -0.05) is 19.4 Å². The van der Waals surface area contributed by atoms with Crippen LogP contribution in [0.25, 0.3) is 0 Å². The molecule has 0 radical (unpaired) electrons. The van der Waals surface area contributed by atoms with Gasteiger partial charge in [0, 0.05) is 24.4 Å². The van der Waals surface area contributed by atoms with Gasteiger partial charge in [0.2, 0.25) is 5.91 Å². The third-order valence-electron chi connectivity index (χ3n) is 4.17. The minimum Gasteiger partial charge on any atom is -0.391 e. The van der Waals surface area contributed by atoms with Crippen LogP contribution in [-0.2, 0) is 11.2 Å². The van der Waals surface area contributed by atoms with Gasteiger partial charge < -0.3 is 10.0 Å². The first kappa shape index (κ1) is 15.5. The second kappa shape index (κ2) is 7.79. The predicted molar refractivity (Wildman–Crippen MR) is 82.9 cm³/mol. The first-order valence-electron chi connectivity index (χ1n) is 7.65. The molecule has 1 saturated heterocycles. The Balaban J connectivity index is 1.58. The van der Waals surface area contributed by atoms with Gasteiger partial charge in [-0.05, 0) is 43.0 Å². The summed E-state index contributed by atoms with van der Waals surface area (Å²) >= 11 is 1.81. The van der Waals surface area contributed by atoms with E-state index in [1.54, 1.807) is 0 Å². The number of unbranched alkanes of at least 4 members (excludes halogenated alkanes) is 2. The van der Waals surface area contributed by atoms with Gasteiger partial charge in [-0.2, -0.15) is 0 Å². The van der Waals surface area contributed by atoms with Gasteiger partial charge in [0.25, 0.3) is 0 Å². The molecule has 1 aromatic heterocycles. The van der Waals surface area contributed by atoms with Gasteiger partial charge >= 0.3 is 0 Å². The smallest absolute Gasteiger partial charge is 0.222 e. The molecule has 0 aliphatic carbocycles. The van der Waals surface area contributed by atoms with Crippen LogP contribution in [-0.4, -0.2) is 35.1 Å². The molecule has 1 amide bonds. The van der Waals surface area contributed by atoms with Crippen molar-refractivity contribution in [2.75, 3.05) is 13.1 Å². The van der Waals surface area contributed by atoms with Crippen molar-refractivity contribution in [3.63, 3.8) is 0 Å². The Labute approximate surface area is 125 Å². The first-order chi connectivity index (χ1) is 9.66. The number of β-amino-alcohol motifs (C(OH)–C–C–N with tert-alkyl or cyclic N) is 1. The van der Waals surface area contributed by atoms with Crippen LogP contribution in [0.5, 0.6) is 0 Å². The number of nitrogens with zero attached hydrogens (tertiary/aromatic N) is 1. The van der Waals surface area contributed by atoms with Crippen molar-refractivity contribution in [3.05, 3.63) is 22.4 Å². The Kier molecular flexibility index (Phi) is 6.05. The fourth-order valence-electron chi connectivity index (χ4n) is 2.64. The maximum absolute atomic E-state index is 12.1. The van der Waals surface area contributed by atoms with Crippen molar-refractivity contribution >= 4 is 17.2 Å². The van der Waals surface area contributed by atoms with Crippen LogP contribution < -0.4 is 0 Å². The molecule has 1 N–H and O–H groups in total. The van der Waals surface area contributed by atoms with E-state index in [1.165, 1.54) is 4.88 Å². The van der Waals surface area contributed by atoms with Crippen LogP contribution in [0.15, 0.2) is 17.5 Å². The highest BCUT2D eigenvalue weighted by Gasteiger charge is 2.26. The highest BCUT2D eigenvalue weighted by molar-refractivity contribution is 7.09. The summed E-state index contributed by atoms with van der Waals surface area (Å²) in [5.41, 5.74) is 0. The molecule has 4 heteroatoms. The zero-order valence-electron chi connectivity index (χ0n) is 12.3. The fourth-order valence-corrected chi connectivity index (χ4v) is 3.39. The lowest BCUT2D eigenvalue weighted by Crippen LogP contribution is -2.45. The molecule has 2 heterocycles. The molecular formula is C16H25NO2S. The summed E-state index contributed by atoms with van der Waals surface area (Å²) in [7, 11) is 0. The van der Waals surface area contributed by atoms with Crippen LogP contribution in [0.2, 0.25) is 0 Å². The minimum absolute atomic E-state index is 0.215. The van der Waals surface area contributed by atoms with Crippen molar-refractivity contribution in [2.24, 2.45) is 5.92 Å². The van der Waals surface area contributed by atoms with Crippen LogP contribution in [0.3, 0.4) is 0 Å². The van der Waals surface area contributed by atoms with E-state index in [4.69, 9.17) is 0 Å². The highest BCUT2D eigenvalue weighted by atomic mass is 32.1. The van der Waals surface area contributed by atoms with Gasteiger partial charge in [-0.3, -0.25) is 4.79 Å². The number of piperidine rings is 1. The van der Waals surface area contributed by atoms with Crippen molar-refractivity contribution in [3.8, 4) is 0 Å². The summed E-state index contributed by atoms with van der Waals surface area (Å²) in [4.78, 5) is 15.3. The number of thiophene rings is 1. The predicted octanol–water partition coefficient (Wildman–Crippen LogP) is 3.08. The molecule has 20 heavy (non-hydrogen) atoms. The number of aliphatic hydroxyl groups excluding tert-OH is 1. The van der Waals surface area contributed by atoms with Gasteiger partial charge in [0.05, 0.1) is 6.10 Å². The van der Waals surface area contributed by atoms with Crippen LogP contribution >= 0.6 is 11.3 Å². The summed E-state index contributed by atoms with van der Waals surface area (Å²) in [6.45, 7) is 3.39. The largest absolute Gasteiger partial charge is 0.391 e. The summed E-state index contributed by atoms with van der Waals surface area (Å²) in [6, 6.07) is 4.26. The van der Waals surface area contributed by atoms with Crippen LogP contribution in [0.4, 0.5) is 0 Å². The number of rotatable bonds is 6. The van der Waals surface area contributed by atoms with E-state index in [2.05, 4.69) is 24.4 Å². The molecule has 0 spiro atoms. The average molecular weight is 295 g/mol. The van der Waals surface area contributed by atoms with E-state index < -0.39 is 0 Å². The molecule has 2 atom stereocenters. The number of likely N-dealkylation sites (tertiary alicyclic amines) is 1. The number of carbonyl (C=O) groups is 1. The Bertz CT molecular complexity index is 405. The van der Waals surface area contributed by atoms with E-state index in [9.17, 15) is 9.90 Å². The second-order valence-corrected chi connectivity index (χ2v) is 6.85. The number of aliphatic hydroxyl groups is 1. The SMILES string of the molecule is CC1CCN(C(=O)CCCCCc2cccs2)CC1O. The van der Waals surface area contributed by atoms with Gasteiger partial charge in [0.1, 0.15) is 0 Å². The van der Waals surface area contributed by atoms with E-state index in [0.717, 1.165) is 38.6 Å². The standard InChI is InChI=1S/C16H25NO2S/c1-13-9-10-17(12-15(13)18)16(19)8-4-2-3-6-14-7-5-11-20-14/h5,7,11,13,15,18H,2-4,6,8-10,12H2,1H3. The minimum atomic E-state index is -0.341. The second-order valence-electron chi connectivity index (χ2n) is 5.81.